The Labute approximate surface area is 138 Å². The van der Waals surface area contributed by atoms with Crippen LogP contribution in [0.1, 0.15) is 58.3 Å². The Hall–Kier alpha value is -1.40. The van der Waals surface area contributed by atoms with Crippen LogP contribution in [0.15, 0.2) is 30.0 Å². The Morgan fingerprint density at radius 1 is 1.13 bits per heavy atom. The van der Waals surface area contributed by atoms with E-state index in [1.54, 1.807) is 0 Å². The summed E-state index contributed by atoms with van der Waals surface area (Å²) in [4.78, 5) is 24.4. The molecule has 122 valence electrons. The number of carbonyl (C=O) groups is 2. The third-order valence-corrected chi connectivity index (χ3v) is 7.63. The van der Waals surface area contributed by atoms with E-state index < -0.39 is 0 Å². The summed E-state index contributed by atoms with van der Waals surface area (Å²) in [7, 11) is 0. The highest BCUT2D eigenvalue weighted by atomic mass is 16.1. The third kappa shape index (κ3) is 1.94. The molecule has 0 N–H and O–H groups in total. The number of fused-ring (bicyclic) bond motifs is 5. The fraction of sp³-hybridized carbons (Fsp3) is 0.667. The summed E-state index contributed by atoms with van der Waals surface area (Å²) in [6.45, 7) is 6.06. The van der Waals surface area contributed by atoms with Gasteiger partial charge in [-0.25, -0.2) is 0 Å². The van der Waals surface area contributed by atoms with Crippen LogP contribution in [0.25, 0.3) is 0 Å². The molecule has 0 heterocycles. The molecule has 4 aliphatic carbocycles. The van der Waals surface area contributed by atoms with Gasteiger partial charge in [0.15, 0.2) is 5.78 Å². The highest BCUT2D eigenvalue weighted by Crippen LogP contribution is 2.64. The molecule has 5 atom stereocenters. The molecule has 0 aromatic rings. The SMILES string of the molecule is C=C=C[C@]12CCC(=O)C=C1CC[C@@H]1[C@@H]2CC[C@]2(C)C(=O)CC[C@@H]12. The lowest BCUT2D eigenvalue weighted by atomic mass is 9.47. The van der Waals surface area contributed by atoms with Crippen LogP contribution in [0.4, 0.5) is 0 Å². The van der Waals surface area contributed by atoms with E-state index in [1.807, 2.05) is 6.08 Å². The largest absolute Gasteiger partial charge is 0.299 e. The summed E-state index contributed by atoms with van der Waals surface area (Å²) < 4.78 is 0. The molecule has 0 aliphatic heterocycles. The number of allylic oxidation sites excluding steroid dienone is 2. The van der Waals surface area contributed by atoms with Crippen molar-refractivity contribution in [1.82, 2.24) is 0 Å². The van der Waals surface area contributed by atoms with Crippen LogP contribution in [-0.4, -0.2) is 11.6 Å². The van der Waals surface area contributed by atoms with Gasteiger partial charge in [0, 0.05) is 23.7 Å². The molecule has 2 nitrogen and oxygen atoms in total. The van der Waals surface area contributed by atoms with Gasteiger partial charge in [0.25, 0.3) is 0 Å². The monoisotopic (exact) mass is 310 g/mol. The molecule has 2 heteroatoms. The standard InChI is InChI=1S/C21H26O2/c1-3-10-21-12-8-15(22)13-14(21)4-5-16-17-6-7-19(23)20(17,2)11-9-18(16)21/h10,13,16-18H,1,4-9,11-12H2,2H3/t16-,17-,18-,20-,21-/m0/s1. The van der Waals surface area contributed by atoms with Crippen LogP contribution in [0.3, 0.4) is 0 Å². The lowest BCUT2D eigenvalue weighted by molar-refractivity contribution is -0.132. The zero-order valence-electron chi connectivity index (χ0n) is 14.1. The average Bonchev–Trinajstić information content (AvgIpc) is 2.84. The van der Waals surface area contributed by atoms with Crippen LogP contribution >= 0.6 is 0 Å². The van der Waals surface area contributed by atoms with Crippen molar-refractivity contribution in [1.29, 1.82) is 0 Å². The molecule has 0 radical (unpaired) electrons. The van der Waals surface area contributed by atoms with Gasteiger partial charge >= 0.3 is 0 Å². The van der Waals surface area contributed by atoms with Crippen molar-refractivity contribution >= 4 is 11.6 Å². The Bertz CT molecular complexity index is 651. The topological polar surface area (TPSA) is 34.1 Å². The Kier molecular flexibility index (Phi) is 3.32. The molecule has 4 rings (SSSR count). The summed E-state index contributed by atoms with van der Waals surface area (Å²) in [6.07, 6.45) is 11.8. The maximum absolute atomic E-state index is 12.4. The lowest BCUT2D eigenvalue weighted by Crippen LogP contribution is -2.51. The second-order valence-corrected chi connectivity index (χ2v) is 8.36. The lowest BCUT2D eigenvalue weighted by Gasteiger charge is -2.56. The fourth-order valence-corrected chi connectivity index (χ4v) is 6.50. The van der Waals surface area contributed by atoms with E-state index in [1.165, 1.54) is 5.57 Å². The summed E-state index contributed by atoms with van der Waals surface area (Å²) in [5.74, 6) is 2.50. The molecular weight excluding hydrogens is 284 g/mol. The van der Waals surface area contributed by atoms with Gasteiger partial charge in [0.05, 0.1) is 0 Å². The van der Waals surface area contributed by atoms with Crippen molar-refractivity contribution in [2.24, 2.45) is 28.6 Å². The van der Waals surface area contributed by atoms with E-state index in [4.69, 9.17) is 0 Å². The molecular formula is C21H26O2. The van der Waals surface area contributed by atoms with Crippen LogP contribution in [-0.2, 0) is 9.59 Å². The van der Waals surface area contributed by atoms with Crippen molar-refractivity contribution < 1.29 is 9.59 Å². The van der Waals surface area contributed by atoms with Gasteiger partial charge in [-0.05, 0) is 68.4 Å². The van der Waals surface area contributed by atoms with Gasteiger partial charge < -0.3 is 0 Å². The molecule has 4 aliphatic rings. The summed E-state index contributed by atoms with van der Waals surface area (Å²) in [6, 6.07) is 0. The highest BCUT2D eigenvalue weighted by Gasteiger charge is 2.59. The molecule has 0 amide bonds. The molecule has 3 saturated carbocycles. The normalized spacial score (nSPS) is 45.4. The summed E-state index contributed by atoms with van der Waals surface area (Å²) >= 11 is 0. The molecule has 0 saturated heterocycles. The minimum atomic E-state index is -0.0774. The predicted octanol–water partition coefficient (Wildman–Crippen LogP) is 4.41. The van der Waals surface area contributed by atoms with Gasteiger partial charge in [0.1, 0.15) is 5.78 Å². The smallest absolute Gasteiger partial charge is 0.155 e. The van der Waals surface area contributed by atoms with Crippen LogP contribution in [0.2, 0.25) is 0 Å². The van der Waals surface area contributed by atoms with Crippen molar-refractivity contribution in [2.75, 3.05) is 0 Å². The third-order valence-electron chi connectivity index (χ3n) is 7.63. The predicted molar refractivity (Wildman–Crippen MR) is 89.8 cm³/mol. The minimum absolute atomic E-state index is 0.00839. The van der Waals surface area contributed by atoms with Gasteiger partial charge in [-0.2, -0.15) is 0 Å². The Balaban J connectivity index is 1.77. The summed E-state index contributed by atoms with van der Waals surface area (Å²) in [5.41, 5.74) is 4.29. The maximum atomic E-state index is 12.4. The first kappa shape index (κ1) is 15.1. The highest BCUT2D eigenvalue weighted by molar-refractivity contribution is 5.92. The van der Waals surface area contributed by atoms with E-state index in [0.717, 1.165) is 44.9 Å². The van der Waals surface area contributed by atoms with Gasteiger partial charge in [0.2, 0.25) is 0 Å². The first-order valence-electron chi connectivity index (χ1n) is 9.15. The van der Waals surface area contributed by atoms with E-state index in [0.29, 0.717) is 30.0 Å². The van der Waals surface area contributed by atoms with E-state index in [2.05, 4.69) is 25.3 Å². The number of hydrogen-bond acceptors (Lipinski definition) is 2. The maximum Gasteiger partial charge on any atom is 0.155 e. The zero-order valence-corrected chi connectivity index (χ0v) is 14.1. The van der Waals surface area contributed by atoms with Gasteiger partial charge in [-0.3, -0.25) is 9.59 Å². The van der Waals surface area contributed by atoms with E-state index >= 15 is 0 Å². The van der Waals surface area contributed by atoms with Crippen LogP contribution in [0, 0.1) is 28.6 Å². The number of ketones is 2. The second kappa shape index (κ2) is 5.05. The molecule has 0 spiro atoms. The first-order valence-corrected chi connectivity index (χ1v) is 9.15. The van der Waals surface area contributed by atoms with Crippen molar-refractivity contribution in [3.05, 3.63) is 30.0 Å². The van der Waals surface area contributed by atoms with Crippen molar-refractivity contribution in [3.63, 3.8) is 0 Å². The average molecular weight is 310 g/mol. The Morgan fingerprint density at radius 3 is 2.74 bits per heavy atom. The number of carbonyl (C=O) groups excluding carboxylic acids is 2. The molecule has 3 fully saturated rings. The quantitative estimate of drug-likeness (QED) is 0.672. The molecule has 0 aromatic heterocycles. The van der Waals surface area contributed by atoms with Crippen LogP contribution in [0.5, 0.6) is 0 Å². The van der Waals surface area contributed by atoms with Gasteiger partial charge in [-0.15, -0.1) is 5.73 Å². The zero-order chi connectivity index (χ0) is 16.2. The van der Waals surface area contributed by atoms with Crippen LogP contribution < -0.4 is 0 Å². The number of Topliss-reactive ketones (excluding diaryl/α,β-unsaturated/α-hetero) is 1. The fourth-order valence-electron chi connectivity index (χ4n) is 6.50. The minimum Gasteiger partial charge on any atom is -0.299 e. The van der Waals surface area contributed by atoms with Crippen molar-refractivity contribution in [2.45, 2.75) is 58.3 Å². The number of rotatable bonds is 1. The van der Waals surface area contributed by atoms with E-state index in [9.17, 15) is 9.59 Å². The Morgan fingerprint density at radius 2 is 1.96 bits per heavy atom. The molecule has 0 unspecified atom stereocenters. The van der Waals surface area contributed by atoms with Crippen molar-refractivity contribution in [3.8, 4) is 0 Å². The second-order valence-electron chi connectivity index (χ2n) is 8.36. The van der Waals surface area contributed by atoms with Gasteiger partial charge in [-0.1, -0.05) is 19.1 Å². The van der Waals surface area contributed by atoms with E-state index in [-0.39, 0.29) is 16.6 Å². The first-order chi connectivity index (χ1) is 11.0. The molecule has 0 bridgehead atoms. The summed E-state index contributed by atoms with van der Waals surface area (Å²) in [5, 5.41) is 0. The molecule has 23 heavy (non-hydrogen) atoms. The molecule has 0 aromatic carbocycles. The number of hydrogen-bond donors (Lipinski definition) is 0.